The van der Waals surface area contributed by atoms with Crippen LogP contribution in [0.2, 0.25) is 0 Å². The van der Waals surface area contributed by atoms with E-state index in [-0.39, 0.29) is 0 Å². The summed E-state index contributed by atoms with van der Waals surface area (Å²) in [5.74, 6) is 1.45. The zero-order chi connectivity index (χ0) is 10.3. The highest BCUT2D eigenvalue weighted by Gasteiger charge is 2.17. The molecule has 74 valence electrons. The number of hydrogen-bond donors (Lipinski definition) is 2. The zero-order valence-corrected chi connectivity index (χ0v) is 7.90. The van der Waals surface area contributed by atoms with Gasteiger partial charge in [0.2, 0.25) is 0 Å². The second-order valence-corrected chi connectivity index (χ2v) is 3.33. The molecule has 0 fully saturated rings. The monoisotopic (exact) mass is 199 g/mol. The standard InChI is InChI=1S/C11H9N3O/c12-7-5-13-6-10-11(7)14-8-3-1-2-4-9(8)15-10/h1-6,14H,12H2. The fourth-order valence-corrected chi connectivity index (χ4v) is 1.58. The van der Waals surface area contributed by atoms with Crippen molar-refractivity contribution in [1.82, 2.24) is 4.98 Å². The molecule has 1 aliphatic heterocycles. The van der Waals surface area contributed by atoms with E-state index in [4.69, 9.17) is 10.5 Å². The summed E-state index contributed by atoms with van der Waals surface area (Å²) in [4.78, 5) is 3.98. The number of nitrogens with two attached hydrogens (primary N) is 1. The first-order valence-corrected chi connectivity index (χ1v) is 4.62. The van der Waals surface area contributed by atoms with E-state index in [0.717, 1.165) is 17.1 Å². The third kappa shape index (κ3) is 1.19. The Balaban J connectivity index is 2.15. The smallest absolute Gasteiger partial charge is 0.171 e. The lowest BCUT2D eigenvalue weighted by Crippen LogP contribution is -2.05. The molecule has 0 aliphatic carbocycles. The summed E-state index contributed by atoms with van der Waals surface area (Å²) in [6.45, 7) is 0. The third-order valence-electron chi connectivity index (χ3n) is 2.31. The molecule has 3 N–H and O–H groups in total. The van der Waals surface area contributed by atoms with Crippen LogP contribution < -0.4 is 15.8 Å². The molecule has 4 heteroatoms. The maximum Gasteiger partial charge on any atom is 0.171 e. The van der Waals surface area contributed by atoms with Gasteiger partial charge in [0.25, 0.3) is 0 Å². The number of aromatic nitrogens is 1. The van der Waals surface area contributed by atoms with Gasteiger partial charge >= 0.3 is 0 Å². The van der Waals surface area contributed by atoms with Crippen molar-refractivity contribution in [2.45, 2.75) is 0 Å². The SMILES string of the molecule is Nc1cncc2c1Nc1ccccc1O2. The van der Waals surface area contributed by atoms with Gasteiger partial charge in [-0.2, -0.15) is 0 Å². The summed E-state index contributed by atoms with van der Waals surface area (Å²) in [6.07, 6.45) is 3.25. The van der Waals surface area contributed by atoms with Gasteiger partial charge in [-0.05, 0) is 12.1 Å². The first-order valence-electron chi connectivity index (χ1n) is 4.62. The molecule has 1 aromatic heterocycles. The van der Waals surface area contributed by atoms with Crippen LogP contribution in [0.25, 0.3) is 0 Å². The second-order valence-electron chi connectivity index (χ2n) is 3.33. The predicted octanol–water partition coefficient (Wildman–Crippen LogP) is 2.51. The lowest BCUT2D eigenvalue weighted by Gasteiger charge is -2.21. The maximum atomic E-state index is 5.79. The maximum absolute atomic E-state index is 5.79. The number of rotatable bonds is 0. The van der Waals surface area contributed by atoms with Crippen molar-refractivity contribution in [2.75, 3.05) is 11.1 Å². The van der Waals surface area contributed by atoms with Crippen LogP contribution in [0.4, 0.5) is 17.1 Å². The van der Waals surface area contributed by atoms with Gasteiger partial charge in [-0.1, -0.05) is 12.1 Å². The van der Waals surface area contributed by atoms with E-state index >= 15 is 0 Å². The number of nitrogen functional groups attached to an aromatic ring is 1. The molecule has 4 nitrogen and oxygen atoms in total. The summed E-state index contributed by atoms with van der Waals surface area (Å²) in [6, 6.07) is 7.70. The molecule has 0 saturated heterocycles. The lowest BCUT2D eigenvalue weighted by atomic mass is 10.2. The number of pyridine rings is 1. The van der Waals surface area contributed by atoms with Crippen molar-refractivity contribution in [3.05, 3.63) is 36.7 Å². The zero-order valence-electron chi connectivity index (χ0n) is 7.90. The summed E-state index contributed by atoms with van der Waals surface area (Å²) in [7, 11) is 0. The van der Waals surface area contributed by atoms with Crippen LogP contribution in [-0.2, 0) is 0 Å². The molecule has 0 spiro atoms. The molecule has 2 heterocycles. The van der Waals surface area contributed by atoms with Crippen molar-refractivity contribution in [3.63, 3.8) is 0 Å². The highest BCUT2D eigenvalue weighted by Crippen LogP contribution is 2.43. The van der Waals surface area contributed by atoms with Gasteiger partial charge < -0.3 is 15.8 Å². The fourth-order valence-electron chi connectivity index (χ4n) is 1.58. The van der Waals surface area contributed by atoms with Gasteiger partial charge in [0.1, 0.15) is 5.69 Å². The third-order valence-corrected chi connectivity index (χ3v) is 2.31. The Hall–Kier alpha value is -2.23. The number of nitrogens with zero attached hydrogens (tertiary/aromatic N) is 1. The number of nitrogens with one attached hydrogen (secondary N) is 1. The average molecular weight is 199 g/mol. The summed E-state index contributed by atoms with van der Waals surface area (Å²) < 4.78 is 5.65. The Bertz CT molecular complexity index is 525. The summed E-state index contributed by atoms with van der Waals surface area (Å²) >= 11 is 0. The molecule has 1 aromatic carbocycles. The number of ether oxygens (including phenoxy) is 1. The van der Waals surface area contributed by atoms with Crippen molar-refractivity contribution in [2.24, 2.45) is 0 Å². The summed E-state index contributed by atoms with van der Waals surface area (Å²) in [5, 5.41) is 3.22. The van der Waals surface area contributed by atoms with E-state index in [0.29, 0.717) is 11.4 Å². The minimum atomic E-state index is 0.585. The van der Waals surface area contributed by atoms with Crippen LogP contribution in [0.3, 0.4) is 0 Å². The molecule has 15 heavy (non-hydrogen) atoms. The molecular weight excluding hydrogens is 190 g/mol. The average Bonchev–Trinajstić information content (AvgIpc) is 2.27. The van der Waals surface area contributed by atoms with Crippen LogP contribution in [-0.4, -0.2) is 4.98 Å². The molecule has 2 aromatic rings. The largest absolute Gasteiger partial charge is 0.451 e. The van der Waals surface area contributed by atoms with Crippen molar-refractivity contribution < 1.29 is 4.74 Å². The fraction of sp³-hybridized carbons (Fsp3) is 0. The number of para-hydroxylation sites is 2. The molecule has 3 rings (SSSR count). The van der Waals surface area contributed by atoms with Crippen LogP contribution in [0, 0.1) is 0 Å². The van der Waals surface area contributed by atoms with Crippen LogP contribution in [0.1, 0.15) is 0 Å². The minimum Gasteiger partial charge on any atom is -0.451 e. The molecular formula is C11H9N3O. The highest BCUT2D eigenvalue weighted by atomic mass is 16.5. The van der Waals surface area contributed by atoms with Gasteiger partial charge in [-0.25, -0.2) is 0 Å². The number of benzene rings is 1. The molecule has 1 aliphatic rings. The molecule has 0 amide bonds. The molecule has 0 radical (unpaired) electrons. The van der Waals surface area contributed by atoms with E-state index in [1.165, 1.54) is 0 Å². The number of fused-ring (bicyclic) bond motifs is 2. The molecule has 0 atom stereocenters. The Morgan fingerprint density at radius 1 is 1.13 bits per heavy atom. The Kier molecular flexibility index (Phi) is 1.56. The van der Waals surface area contributed by atoms with Gasteiger partial charge in [0, 0.05) is 0 Å². The first kappa shape index (κ1) is 8.11. The van der Waals surface area contributed by atoms with Crippen LogP contribution in [0.5, 0.6) is 11.5 Å². The van der Waals surface area contributed by atoms with Crippen molar-refractivity contribution in [3.8, 4) is 11.5 Å². The Labute approximate surface area is 86.7 Å². The number of anilines is 3. The first-order chi connectivity index (χ1) is 7.34. The normalized spacial score (nSPS) is 12.0. The second kappa shape index (κ2) is 2.88. The van der Waals surface area contributed by atoms with E-state index in [2.05, 4.69) is 10.3 Å². The van der Waals surface area contributed by atoms with Gasteiger partial charge in [0.15, 0.2) is 11.5 Å². The quantitative estimate of drug-likeness (QED) is 0.584. The van der Waals surface area contributed by atoms with Gasteiger partial charge in [-0.15, -0.1) is 0 Å². The van der Waals surface area contributed by atoms with Gasteiger partial charge in [0.05, 0.1) is 23.8 Å². The summed E-state index contributed by atoms with van der Waals surface area (Å²) in [5.41, 5.74) is 8.08. The Morgan fingerprint density at radius 3 is 2.93 bits per heavy atom. The minimum absolute atomic E-state index is 0.585. The van der Waals surface area contributed by atoms with E-state index < -0.39 is 0 Å². The molecule has 0 unspecified atom stereocenters. The lowest BCUT2D eigenvalue weighted by molar-refractivity contribution is 0.479. The van der Waals surface area contributed by atoms with Crippen molar-refractivity contribution in [1.29, 1.82) is 0 Å². The van der Waals surface area contributed by atoms with Crippen LogP contribution >= 0.6 is 0 Å². The highest BCUT2D eigenvalue weighted by molar-refractivity contribution is 5.82. The Morgan fingerprint density at radius 2 is 2.00 bits per heavy atom. The number of hydrogen-bond acceptors (Lipinski definition) is 4. The van der Waals surface area contributed by atoms with E-state index in [1.54, 1.807) is 12.4 Å². The van der Waals surface area contributed by atoms with E-state index in [1.807, 2.05) is 24.3 Å². The van der Waals surface area contributed by atoms with Gasteiger partial charge in [-0.3, -0.25) is 4.98 Å². The molecule has 0 saturated carbocycles. The molecule has 0 bridgehead atoms. The topological polar surface area (TPSA) is 60.2 Å². The predicted molar refractivity (Wildman–Crippen MR) is 58.4 cm³/mol. The van der Waals surface area contributed by atoms with E-state index in [9.17, 15) is 0 Å². The van der Waals surface area contributed by atoms with Crippen LogP contribution in [0.15, 0.2) is 36.7 Å². The van der Waals surface area contributed by atoms with Crippen molar-refractivity contribution >= 4 is 17.1 Å².